The third-order valence-corrected chi connectivity index (χ3v) is 3.46. The summed E-state index contributed by atoms with van der Waals surface area (Å²) in [5.74, 6) is 1.65. The van der Waals surface area contributed by atoms with Crippen LogP contribution < -0.4 is 10.6 Å². The molecule has 0 saturated carbocycles. The van der Waals surface area contributed by atoms with Crippen LogP contribution in [-0.2, 0) is 0 Å². The van der Waals surface area contributed by atoms with Gasteiger partial charge in [0, 0.05) is 18.8 Å². The average Bonchev–Trinajstić information content (AvgIpc) is 2.56. The summed E-state index contributed by atoms with van der Waals surface area (Å²) in [6.07, 6.45) is 2.97. The Balaban J connectivity index is 2.45. The van der Waals surface area contributed by atoms with Crippen molar-refractivity contribution >= 4 is 11.7 Å². The number of aryl methyl sites for hydroxylation is 1. The van der Waals surface area contributed by atoms with Crippen LogP contribution in [0.5, 0.6) is 0 Å². The molecule has 1 fully saturated rings. The fourth-order valence-electron chi connectivity index (χ4n) is 2.69. The zero-order valence-corrected chi connectivity index (χ0v) is 10.7. The van der Waals surface area contributed by atoms with Crippen molar-refractivity contribution in [2.75, 3.05) is 11.4 Å². The Morgan fingerprint density at radius 3 is 2.76 bits per heavy atom. The first-order chi connectivity index (χ1) is 8.00. The molecule has 0 amide bonds. The number of hydrogen-bond acceptors (Lipinski definition) is 3. The fourth-order valence-corrected chi connectivity index (χ4v) is 2.69. The van der Waals surface area contributed by atoms with E-state index in [2.05, 4.69) is 23.7 Å². The third kappa shape index (κ3) is 2.12. The molecule has 92 valence electrons. The lowest BCUT2D eigenvalue weighted by Crippen LogP contribution is -2.31. The smallest absolute Gasteiger partial charge is 0.140 e. The van der Waals surface area contributed by atoms with Gasteiger partial charge in [0.15, 0.2) is 0 Å². The first kappa shape index (κ1) is 11.9. The Morgan fingerprint density at radius 2 is 2.24 bits per heavy atom. The highest BCUT2D eigenvalue weighted by atomic mass is 15.2. The average molecular weight is 232 g/mol. The zero-order chi connectivity index (χ0) is 12.6. The third-order valence-electron chi connectivity index (χ3n) is 3.46. The first-order valence-electron chi connectivity index (χ1n) is 6.07. The van der Waals surface area contributed by atoms with E-state index in [1.54, 1.807) is 6.20 Å². The predicted molar refractivity (Wildman–Crippen MR) is 70.6 cm³/mol. The molecule has 1 aliphatic heterocycles. The van der Waals surface area contributed by atoms with Crippen molar-refractivity contribution in [2.45, 2.75) is 33.2 Å². The number of anilines is 1. The van der Waals surface area contributed by atoms with Crippen LogP contribution >= 0.6 is 0 Å². The van der Waals surface area contributed by atoms with Crippen LogP contribution in [-0.4, -0.2) is 23.4 Å². The van der Waals surface area contributed by atoms with Crippen LogP contribution in [0.25, 0.3) is 0 Å². The van der Waals surface area contributed by atoms with Crippen molar-refractivity contribution in [1.82, 2.24) is 4.98 Å². The van der Waals surface area contributed by atoms with Crippen LogP contribution in [0.4, 0.5) is 5.82 Å². The van der Waals surface area contributed by atoms with Gasteiger partial charge in [0.2, 0.25) is 0 Å². The lowest BCUT2D eigenvalue weighted by molar-refractivity contribution is 0.625. The number of rotatable bonds is 2. The predicted octanol–water partition coefficient (Wildman–Crippen LogP) is 1.91. The van der Waals surface area contributed by atoms with Gasteiger partial charge in [-0.15, -0.1) is 0 Å². The molecule has 1 aliphatic rings. The molecule has 2 atom stereocenters. The number of nitrogens with zero attached hydrogens (tertiary/aromatic N) is 2. The van der Waals surface area contributed by atoms with Gasteiger partial charge < -0.3 is 10.6 Å². The summed E-state index contributed by atoms with van der Waals surface area (Å²) in [5.41, 5.74) is 7.49. The largest absolute Gasteiger partial charge is 0.384 e. The van der Waals surface area contributed by atoms with E-state index >= 15 is 0 Å². The number of amidine groups is 1. The molecule has 2 heterocycles. The van der Waals surface area contributed by atoms with Gasteiger partial charge in [-0.2, -0.15) is 0 Å². The molecular weight excluding hydrogens is 212 g/mol. The molecule has 0 spiro atoms. The molecule has 1 aromatic rings. The Labute approximate surface area is 102 Å². The zero-order valence-electron chi connectivity index (χ0n) is 10.7. The van der Waals surface area contributed by atoms with E-state index in [0.717, 1.165) is 23.5 Å². The Hall–Kier alpha value is -1.58. The molecule has 0 bridgehead atoms. The molecule has 0 radical (unpaired) electrons. The second-order valence-corrected chi connectivity index (χ2v) is 5.08. The Morgan fingerprint density at radius 1 is 1.53 bits per heavy atom. The van der Waals surface area contributed by atoms with Gasteiger partial charge in [-0.1, -0.05) is 6.92 Å². The van der Waals surface area contributed by atoms with Crippen molar-refractivity contribution in [3.63, 3.8) is 0 Å². The van der Waals surface area contributed by atoms with Crippen LogP contribution in [0.2, 0.25) is 0 Å². The molecule has 1 aromatic heterocycles. The minimum atomic E-state index is 0.109. The highest BCUT2D eigenvalue weighted by molar-refractivity contribution is 6.01. The molecule has 2 unspecified atom stereocenters. The Kier molecular flexibility index (Phi) is 3.05. The van der Waals surface area contributed by atoms with Gasteiger partial charge in [-0.3, -0.25) is 5.41 Å². The maximum Gasteiger partial charge on any atom is 0.140 e. The fraction of sp³-hybridized carbons (Fsp3) is 0.538. The summed E-state index contributed by atoms with van der Waals surface area (Å²) >= 11 is 0. The highest BCUT2D eigenvalue weighted by Crippen LogP contribution is 2.30. The molecule has 1 saturated heterocycles. The summed E-state index contributed by atoms with van der Waals surface area (Å²) < 4.78 is 0. The molecule has 3 N–H and O–H groups in total. The summed E-state index contributed by atoms with van der Waals surface area (Å²) in [6, 6.07) is 2.38. The molecular formula is C13H20N4. The van der Waals surface area contributed by atoms with E-state index in [1.165, 1.54) is 6.42 Å². The number of hydrogen-bond donors (Lipinski definition) is 2. The summed E-state index contributed by atoms with van der Waals surface area (Å²) in [6.45, 7) is 7.43. The maximum atomic E-state index is 7.71. The van der Waals surface area contributed by atoms with Crippen molar-refractivity contribution < 1.29 is 0 Å². The van der Waals surface area contributed by atoms with E-state index in [9.17, 15) is 0 Å². The second-order valence-electron chi connectivity index (χ2n) is 5.08. The van der Waals surface area contributed by atoms with E-state index in [4.69, 9.17) is 11.1 Å². The molecule has 4 nitrogen and oxygen atoms in total. The topological polar surface area (TPSA) is 66.0 Å². The van der Waals surface area contributed by atoms with E-state index < -0.39 is 0 Å². The van der Waals surface area contributed by atoms with Gasteiger partial charge >= 0.3 is 0 Å². The molecule has 0 aliphatic carbocycles. The first-order valence-corrected chi connectivity index (χ1v) is 6.07. The standard InChI is InChI=1S/C13H20N4/c1-8-6-10(3)17(7-8)13-11(12(14)15)9(2)4-5-16-13/h4-5,8,10H,6-7H2,1-3H3,(H3,14,15). The summed E-state index contributed by atoms with van der Waals surface area (Å²) in [5, 5.41) is 7.71. The maximum absolute atomic E-state index is 7.71. The molecule has 0 aromatic carbocycles. The number of nitrogens with one attached hydrogen (secondary N) is 1. The van der Waals surface area contributed by atoms with Crippen LogP contribution in [0.3, 0.4) is 0 Å². The summed E-state index contributed by atoms with van der Waals surface area (Å²) in [7, 11) is 0. The van der Waals surface area contributed by atoms with Crippen molar-refractivity contribution in [2.24, 2.45) is 11.7 Å². The number of aromatic nitrogens is 1. The van der Waals surface area contributed by atoms with Crippen molar-refractivity contribution in [3.8, 4) is 0 Å². The quantitative estimate of drug-likeness (QED) is 0.604. The van der Waals surface area contributed by atoms with Gasteiger partial charge in [-0.05, 0) is 37.8 Å². The van der Waals surface area contributed by atoms with Crippen LogP contribution in [0.1, 0.15) is 31.4 Å². The van der Waals surface area contributed by atoms with Gasteiger partial charge in [-0.25, -0.2) is 4.98 Å². The minimum absolute atomic E-state index is 0.109. The van der Waals surface area contributed by atoms with E-state index in [0.29, 0.717) is 12.0 Å². The second kappa shape index (κ2) is 4.35. The molecule has 2 rings (SSSR count). The van der Waals surface area contributed by atoms with Crippen LogP contribution in [0, 0.1) is 18.3 Å². The van der Waals surface area contributed by atoms with Crippen molar-refractivity contribution in [1.29, 1.82) is 5.41 Å². The van der Waals surface area contributed by atoms with Crippen LogP contribution in [0.15, 0.2) is 12.3 Å². The molecule has 4 heteroatoms. The van der Waals surface area contributed by atoms with Gasteiger partial charge in [0.25, 0.3) is 0 Å². The normalized spacial score (nSPS) is 24.1. The number of nitrogen functional groups attached to an aromatic ring is 1. The highest BCUT2D eigenvalue weighted by Gasteiger charge is 2.29. The lowest BCUT2D eigenvalue weighted by atomic mass is 10.1. The molecule has 17 heavy (non-hydrogen) atoms. The SMILES string of the molecule is Cc1ccnc(N2CC(C)CC2C)c1C(=N)N. The summed E-state index contributed by atoms with van der Waals surface area (Å²) in [4.78, 5) is 6.70. The van der Waals surface area contributed by atoms with E-state index in [-0.39, 0.29) is 5.84 Å². The monoisotopic (exact) mass is 232 g/mol. The Bertz CT molecular complexity index is 441. The number of nitrogens with two attached hydrogens (primary N) is 1. The minimum Gasteiger partial charge on any atom is -0.384 e. The van der Waals surface area contributed by atoms with Gasteiger partial charge in [0.1, 0.15) is 11.7 Å². The van der Waals surface area contributed by atoms with E-state index in [1.807, 2.05) is 13.0 Å². The lowest BCUT2D eigenvalue weighted by Gasteiger charge is -2.25. The number of pyridine rings is 1. The van der Waals surface area contributed by atoms with Crippen molar-refractivity contribution in [3.05, 3.63) is 23.4 Å². The van der Waals surface area contributed by atoms with Gasteiger partial charge in [0.05, 0.1) is 5.56 Å².